The summed E-state index contributed by atoms with van der Waals surface area (Å²) in [5.41, 5.74) is -1.11. The van der Waals surface area contributed by atoms with E-state index < -0.39 is 16.0 Å². The second-order valence-electron chi connectivity index (χ2n) is 2.89. The number of aliphatic hydroxyl groups excluding tert-OH is 1. The Labute approximate surface area is 93.4 Å². The Balaban J connectivity index is 3.12. The highest BCUT2D eigenvalue weighted by Gasteiger charge is 2.15. The fourth-order valence-electron chi connectivity index (χ4n) is 1.09. The minimum Gasteiger partial charge on any atom is -0.396 e. The minimum absolute atomic E-state index is 0.00244. The van der Waals surface area contributed by atoms with Crippen LogP contribution in [0.5, 0.6) is 0 Å². The second kappa shape index (κ2) is 5.04. The average molecular weight is 277 g/mol. The largest absolute Gasteiger partial charge is 0.396 e. The van der Waals surface area contributed by atoms with Gasteiger partial charge in [0.05, 0.1) is 15.6 Å². The van der Waals surface area contributed by atoms with Crippen molar-refractivity contribution in [3.8, 4) is 0 Å². The molecule has 82 valence electrons. The highest BCUT2D eigenvalue weighted by molar-refractivity contribution is 9.10. The lowest BCUT2D eigenvalue weighted by Crippen LogP contribution is -2.13. The van der Waals surface area contributed by atoms with Gasteiger partial charge in [0, 0.05) is 19.3 Å². The van der Waals surface area contributed by atoms with Gasteiger partial charge < -0.3 is 9.67 Å². The lowest BCUT2D eigenvalue weighted by Gasteiger charge is -2.04. The highest BCUT2D eigenvalue weighted by atomic mass is 79.9. The van der Waals surface area contributed by atoms with Crippen molar-refractivity contribution in [3.05, 3.63) is 37.2 Å². The fourth-order valence-corrected chi connectivity index (χ4v) is 1.56. The molecule has 15 heavy (non-hydrogen) atoms. The number of aliphatic hydroxyl groups is 1. The normalized spacial score (nSPS) is 10.3. The number of nitro groups is 1. The molecule has 0 atom stereocenters. The Kier molecular flexibility index (Phi) is 3.98. The summed E-state index contributed by atoms with van der Waals surface area (Å²) in [7, 11) is 0. The molecule has 0 aliphatic rings. The molecular formula is C8H9BrN2O4. The quantitative estimate of drug-likeness (QED) is 0.654. The monoisotopic (exact) mass is 276 g/mol. The summed E-state index contributed by atoms with van der Waals surface area (Å²) < 4.78 is 1.65. The minimum atomic E-state index is -0.720. The zero-order valence-corrected chi connectivity index (χ0v) is 9.31. The van der Waals surface area contributed by atoms with Crippen molar-refractivity contribution in [2.75, 3.05) is 6.61 Å². The van der Waals surface area contributed by atoms with Crippen LogP contribution in [0.2, 0.25) is 0 Å². The van der Waals surface area contributed by atoms with Gasteiger partial charge in [0.2, 0.25) is 0 Å². The lowest BCUT2D eigenvalue weighted by molar-refractivity contribution is -0.386. The maximum absolute atomic E-state index is 11.3. The summed E-state index contributed by atoms with van der Waals surface area (Å²) in [5.74, 6) is 0. The van der Waals surface area contributed by atoms with E-state index in [1.807, 2.05) is 0 Å². The number of halogens is 1. The van der Waals surface area contributed by atoms with Crippen molar-refractivity contribution < 1.29 is 10.0 Å². The van der Waals surface area contributed by atoms with E-state index in [0.29, 0.717) is 13.0 Å². The van der Waals surface area contributed by atoms with Crippen molar-refractivity contribution in [1.82, 2.24) is 4.57 Å². The fraction of sp³-hybridized carbons (Fsp3) is 0.375. The highest BCUT2D eigenvalue weighted by Crippen LogP contribution is 2.10. The Morgan fingerprint density at radius 3 is 2.73 bits per heavy atom. The van der Waals surface area contributed by atoms with E-state index in [4.69, 9.17) is 5.11 Å². The zero-order chi connectivity index (χ0) is 11.4. The number of aryl methyl sites for hydroxylation is 1. The maximum Gasteiger partial charge on any atom is 0.333 e. The van der Waals surface area contributed by atoms with E-state index >= 15 is 0 Å². The summed E-state index contributed by atoms with van der Waals surface area (Å²) in [6.45, 7) is 0.424. The van der Waals surface area contributed by atoms with Crippen molar-refractivity contribution in [2.24, 2.45) is 0 Å². The van der Waals surface area contributed by atoms with Gasteiger partial charge in [-0.25, -0.2) is 0 Å². The molecule has 0 saturated carbocycles. The lowest BCUT2D eigenvalue weighted by atomic mass is 10.3. The molecule has 7 heteroatoms. The Morgan fingerprint density at radius 2 is 2.20 bits per heavy atom. The van der Waals surface area contributed by atoms with Crippen molar-refractivity contribution in [2.45, 2.75) is 13.0 Å². The van der Waals surface area contributed by atoms with Crippen LogP contribution >= 0.6 is 15.9 Å². The van der Waals surface area contributed by atoms with Gasteiger partial charge in [-0.3, -0.25) is 14.9 Å². The second-order valence-corrected chi connectivity index (χ2v) is 3.75. The molecule has 1 aromatic rings. The smallest absolute Gasteiger partial charge is 0.333 e. The first-order valence-electron chi connectivity index (χ1n) is 4.21. The van der Waals surface area contributed by atoms with E-state index in [9.17, 15) is 14.9 Å². The first-order valence-corrected chi connectivity index (χ1v) is 5.00. The Hall–Kier alpha value is -1.21. The molecule has 1 heterocycles. The molecule has 0 aliphatic heterocycles. The SMILES string of the molecule is O=c1c(Br)cn(CCCO)cc1[N+](=O)[O-]. The topological polar surface area (TPSA) is 85.4 Å². The number of nitrogens with zero attached hydrogens (tertiary/aromatic N) is 2. The molecule has 1 N–H and O–H groups in total. The van der Waals surface area contributed by atoms with Crippen LogP contribution in [0, 0.1) is 10.1 Å². The predicted molar refractivity (Wildman–Crippen MR) is 56.8 cm³/mol. The van der Waals surface area contributed by atoms with Crippen molar-refractivity contribution >= 4 is 21.6 Å². The summed E-state index contributed by atoms with van der Waals surface area (Å²) >= 11 is 2.96. The maximum atomic E-state index is 11.3. The van der Waals surface area contributed by atoms with Crippen molar-refractivity contribution in [3.63, 3.8) is 0 Å². The molecule has 0 fully saturated rings. The molecule has 0 aromatic carbocycles. The molecule has 0 aliphatic carbocycles. The standard InChI is InChI=1S/C8H9BrN2O4/c9-6-4-10(2-1-3-12)5-7(8(6)13)11(14)15/h4-5,12H,1-3H2. The Bertz CT molecular complexity index is 429. The zero-order valence-electron chi connectivity index (χ0n) is 7.72. The number of hydrogen-bond acceptors (Lipinski definition) is 4. The molecular weight excluding hydrogens is 268 g/mol. The van der Waals surface area contributed by atoms with E-state index in [1.54, 1.807) is 0 Å². The van der Waals surface area contributed by atoms with Gasteiger partial charge in [0.25, 0.3) is 5.43 Å². The first-order chi connectivity index (χ1) is 7.06. The average Bonchev–Trinajstić information content (AvgIpc) is 2.19. The molecule has 0 radical (unpaired) electrons. The summed E-state index contributed by atoms with van der Waals surface area (Å²) in [6, 6.07) is 0. The van der Waals surface area contributed by atoms with Crippen LogP contribution in [0.1, 0.15) is 6.42 Å². The molecule has 0 spiro atoms. The molecule has 6 nitrogen and oxygen atoms in total. The number of hydrogen-bond donors (Lipinski definition) is 1. The number of pyridine rings is 1. The first kappa shape index (κ1) is 11.9. The van der Waals surface area contributed by atoms with E-state index in [2.05, 4.69) is 15.9 Å². The number of rotatable bonds is 4. The van der Waals surface area contributed by atoms with Crippen molar-refractivity contribution in [1.29, 1.82) is 0 Å². The van der Waals surface area contributed by atoms with Gasteiger partial charge in [0.1, 0.15) is 0 Å². The molecule has 0 saturated heterocycles. The predicted octanol–water partition coefficient (Wildman–Crippen LogP) is 0.901. The van der Waals surface area contributed by atoms with E-state index in [0.717, 1.165) is 0 Å². The third kappa shape index (κ3) is 2.87. The van der Waals surface area contributed by atoms with Crippen LogP contribution in [0.25, 0.3) is 0 Å². The van der Waals surface area contributed by atoms with Gasteiger partial charge in [-0.15, -0.1) is 0 Å². The van der Waals surface area contributed by atoms with Gasteiger partial charge in [-0.05, 0) is 22.4 Å². The third-order valence-electron chi connectivity index (χ3n) is 1.79. The van der Waals surface area contributed by atoms with E-state index in [-0.39, 0.29) is 11.1 Å². The molecule has 1 rings (SSSR count). The van der Waals surface area contributed by atoms with Gasteiger partial charge in [-0.2, -0.15) is 0 Å². The van der Waals surface area contributed by atoms with Gasteiger partial charge >= 0.3 is 5.69 Å². The van der Waals surface area contributed by atoms with E-state index in [1.165, 1.54) is 17.0 Å². The van der Waals surface area contributed by atoms with Gasteiger partial charge in [0.15, 0.2) is 0 Å². The van der Waals surface area contributed by atoms with Crippen LogP contribution in [-0.4, -0.2) is 21.2 Å². The van der Waals surface area contributed by atoms with Crippen LogP contribution in [0.3, 0.4) is 0 Å². The molecule has 0 unspecified atom stereocenters. The third-order valence-corrected chi connectivity index (χ3v) is 2.35. The molecule has 0 amide bonds. The summed E-state index contributed by atoms with van der Waals surface area (Å²) in [6.07, 6.45) is 3.11. The van der Waals surface area contributed by atoms with Gasteiger partial charge in [-0.1, -0.05) is 0 Å². The number of aromatic nitrogens is 1. The van der Waals surface area contributed by atoms with Crippen LogP contribution in [0.15, 0.2) is 21.7 Å². The van der Waals surface area contributed by atoms with Crippen LogP contribution in [-0.2, 0) is 6.54 Å². The molecule has 1 aromatic heterocycles. The molecule has 0 bridgehead atoms. The summed E-state index contributed by atoms with van der Waals surface area (Å²) in [5, 5.41) is 19.1. The Morgan fingerprint density at radius 1 is 1.53 bits per heavy atom. The summed E-state index contributed by atoms with van der Waals surface area (Å²) in [4.78, 5) is 21.1. The van der Waals surface area contributed by atoms with Crippen LogP contribution in [0.4, 0.5) is 5.69 Å². The van der Waals surface area contributed by atoms with Crippen LogP contribution < -0.4 is 5.43 Å².